The molecule has 2 aromatic rings. The number of hydrogen-bond donors (Lipinski definition) is 0. The first-order valence-corrected chi connectivity index (χ1v) is 6.34. The van der Waals surface area contributed by atoms with Crippen molar-refractivity contribution in [3.63, 3.8) is 0 Å². The van der Waals surface area contributed by atoms with Crippen LogP contribution >= 0.6 is 0 Å². The Morgan fingerprint density at radius 3 is 2.05 bits per heavy atom. The fourth-order valence-corrected chi connectivity index (χ4v) is 2.28. The lowest BCUT2D eigenvalue weighted by Crippen LogP contribution is -2.10. The molecule has 0 atom stereocenters. The molecule has 0 amide bonds. The average Bonchev–Trinajstić information content (AvgIpc) is 2.36. The molecule has 0 aliphatic rings. The summed E-state index contributed by atoms with van der Waals surface area (Å²) in [6, 6.07) is 14.6. The summed E-state index contributed by atoms with van der Waals surface area (Å²) in [4.78, 5) is 2.15. The minimum absolute atomic E-state index is 0.734. The van der Waals surface area contributed by atoms with E-state index in [-0.39, 0.29) is 0 Å². The normalized spacial score (nSPS) is 10.1. The second-order valence-electron chi connectivity index (χ2n) is 5.02. The third kappa shape index (κ3) is 2.77. The summed E-state index contributed by atoms with van der Waals surface area (Å²) in [5, 5.41) is 8.97. The van der Waals surface area contributed by atoms with Crippen molar-refractivity contribution in [1.29, 1.82) is 5.26 Å². The third-order valence-corrected chi connectivity index (χ3v) is 3.31. The van der Waals surface area contributed by atoms with Crippen LogP contribution in [-0.4, -0.2) is 7.05 Å². The number of hydrogen-bond acceptors (Lipinski definition) is 2. The number of nitrogens with zero attached hydrogens (tertiary/aromatic N) is 2. The van der Waals surface area contributed by atoms with Gasteiger partial charge in [-0.2, -0.15) is 5.26 Å². The Balaban J connectivity index is 2.41. The quantitative estimate of drug-likeness (QED) is 0.796. The summed E-state index contributed by atoms with van der Waals surface area (Å²) < 4.78 is 0. The smallest absolute Gasteiger partial charge is 0.0994 e. The third-order valence-electron chi connectivity index (χ3n) is 3.31. The predicted octanol–water partition coefficient (Wildman–Crippen LogP) is 4.25. The predicted molar refractivity (Wildman–Crippen MR) is 79.9 cm³/mol. The van der Waals surface area contributed by atoms with Crippen molar-refractivity contribution >= 4 is 11.4 Å². The molecular formula is C17H18N2. The summed E-state index contributed by atoms with van der Waals surface area (Å²) in [6.45, 7) is 6.18. The largest absolute Gasteiger partial charge is 0.345 e. The first-order valence-electron chi connectivity index (χ1n) is 6.34. The minimum Gasteiger partial charge on any atom is -0.345 e. The molecule has 96 valence electrons. The van der Waals surface area contributed by atoms with Gasteiger partial charge in [-0.25, -0.2) is 0 Å². The van der Waals surface area contributed by atoms with E-state index >= 15 is 0 Å². The Bertz CT molecular complexity index is 631. The highest BCUT2D eigenvalue weighted by Crippen LogP contribution is 2.27. The van der Waals surface area contributed by atoms with Crippen LogP contribution in [0.15, 0.2) is 36.4 Å². The van der Waals surface area contributed by atoms with Crippen LogP contribution < -0.4 is 4.90 Å². The molecule has 2 heteroatoms. The second kappa shape index (κ2) is 5.16. The maximum atomic E-state index is 8.97. The lowest BCUT2D eigenvalue weighted by Gasteiger charge is -2.21. The van der Waals surface area contributed by atoms with Gasteiger partial charge in [-0.1, -0.05) is 6.07 Å². The summed E-state index contributed by atoms with van der Waals surface area (Å²) in [6.07, 6.45) is 0. The Kier molecular flexibility index (Phi) is 3.57. The van der Waals surface area contributed by atoms with Crippen LogP contribution in [0.3, 0.4) is 0 Å². The highest BCUT2D eigenvalue weighted by Gasteiger charge is 2.07. The van der Waals surface area contributed by atoms with Gasteiger partial charge in [0.2, 0.25) is 0 Å². The van der Waals surface area contributed by atoms with Gasteiger partial charge >= 0.3 is 0 Å². The van der Waals surface area contributed by atoms with E-state index in [0.717, 1.165) is 16.8 Å². The average molecular weight is 250 g/mol. The van der Waals surface area contributed by atoms with Gasteiger partial charge in [0.25, 0.3) is 0 Å². The van der Waals surface area contributed by atoms with Crippen molar-refractivity contribution in [2.24, 2.45) is 0 Å². The van der Waals surface area contributed by atoms with E-state index in [9.17, 15) is 0 Å². The molecule has 2 nitrogen and oxygen atoms in total. The van der Waals surface area contributed by atoms with Crippen LogP contribution in [0.5, 0.6) is 0 Å². The lowest BCUT2D eigenvalue weighted by atomic mass is 10.1. The second-order valence-corrected chi connectivity index (χ2v) is 5.02. The number of benzene rings is 2. The summed E-state index contributed by atoms with van der Waals surface area (Å²) in [7, 11) is 2.05. The molecule has 0 N–H and O–H groups in total. The minimum atomic E-state index is 0.734. The molecule has 0 aliphatic heterocycles. The van der Waals surface area contributed by atoms with E-state index in [2.05, 4.69) is 56.1 Å². The van der Waals surface area contributed by atoms with Gasteiger partial charge in [-0.3, -0.25) is 0 Å². The van der Waals surface area contributed by atoms with Crippen LogP contribution in [0.4, 0.5) is 11.4 Å². The van der Waals surface area contributed by atoms with Gasteiger partial charge in [0, 0.05) is 18.4 Å². The topological polar surface area (TPSA) is 27.0 Å². The van der Waals surface area contributed by atoms with Gasteiger partial charge in [0.05, 0.1) is 11.6 Å². The number of aryl methyl sites for hydroxylation is 3. The van der Waals surface area contributed by atoms with Gasteiger partial charge in [0.15, 0.2) is 0 Å². The molecule has 0 aromatic heterocycles. The molecule has 0 fully saturated rings. The highest BCUT2D eigenvalue weighted by atomic mass is 15.1. The van der Waals surface area contributed by atoms with Gasteiger partial charge in [0.1, 0.15) is 0 Å². The molecule has 0 spiro atoms. The Morgan fingerprint density at radius 1 is 0.895 bits per heavy atom. The summed E-state index contributed by atoms with van der Waals surface area (Å²) in [5.41, 5.74) is 6.52. The van der Waals surface area contributed by atoms with Crippen molar-refractivity contribution in [3.8, 4) is 6.07 Å². The number of rotatable bonds is 2. The van der Waals surface area contributed by atoms with Crippen molar-refractivity contribution in [2.45, 2.75) is 20.8 Å². The van der Waals surface area contributed by atoms with Crippen LogP contribution in [0.25, 0.3) is 0 Å². The summed E-state index contributed by atoms with van der Waals surface area (Å²) in [5.74, 6) is 0. The van der Waals surface area contributed by atoms with Crippen molar-refractivity contribution in [2.75, 3.05) is 11.9 Å². The van der Waals surface area contributed by atoms with E-state index in [1.165, 1.54) is 16.8 Å². The molecule has 0 unspecified atom stereocenters. The SMILES string of the molecule is Cc1cc(C)cc(N(C)c2ccc(C#N)c(C)c2)c1. The maximum absolute atomic E-state index is 8.97. The van der Waals surface area contributed by atoms with Gasteiger partial charge in [-0.15, -0.1) is 0 Å². The van der Waals surface area contributed by atoms with Gasteiger partial charge in [-0.05, 0) is 67.8 Å². The molecule has 2 aromatic carbocycles. The monoisotopic (exact) mass is 250 g/mol. The molecule has 0 aliphatic carbocycles. The molecule has 0 bridgehead atoms. The van der Waals surface area contributed by atoms with Crippen molar-refractivity contribution < 1.29 is 0 Å². The molecular weight excluding hydrogens is 232 g/mol. The molecule has 2 rings (SSSR count). The maximum Gasteiger partial charge on any atom is 0.0994 e. The van der Waals surface area contributed by atoms with E-state index in [4.69, 9.17) is 5.26 Å². The molecule has 19 heavy (non-hydrogen) atoms. The number of nitriles is 1. The van der Waals surface area contributed by atoms with Crippen molar-refractivity contribution in [3.05, 3.63) is 58.7 Å². The van der Waals surface area contributed by atoms with E-state index in [1.54, 1.807) is 0 Å². The first-order chi connectivity index (χ1) is 9.01. The Morgan fingerprint density at radius 2 is 1.53 bits per heavy atom. The summed E-state index contributed by atoms with van der Waals surface area (Å²) >= 11 is 0. The fraction of sp³-hybridized carbons (Fsp3) is 0.235. The van der Waals surface area contributed by atoms with E-state index in [1.807, 2.05) is 19.1 Å². The fourth-order valence-electron chi connectivity index (χ4n) is 2.28. The first kappa shape index (κ1) is 13.2. The lowest BCUT2D eigenvalue weighted by molar-refractivity contribution is 1.18. The van der Waals surface area contributed by atoms with Crippen LogP contribution in [0.1, 0.15) is 22.3 Å². The van der Waals surface area contributed by atoms with Crippen LogP contribution in [-0.2, 0) is 0 Å². The zero-order valence-electron chi connectivity index (χ0n) is 11.9. The van der Waals surface area contributed by atoms with Crippen molar-refractivity contribution in [1.82, 2.24) is 0 Å². The van der Waals surface area contributed by atoms with E-state index in [0.29, 0.717) is 0 Å². The molecule has 0 saturated carbocycles. The number of anilines is 2. The molecule has 0 heterocycles. The van der Waals surface area contributed by atoms with Crippen LogP contribution in [0, 0.1) is 32.1 Å². The molecule has 0 saturated heterocycles. The van der Waals surface area contributed by atoms with E-state index < -0.39 is 0 Å². The zero-order valence-corrected chi connectivity index (χ0v) is 11.9. The highest BCUT2D eigenvalue weighted by molar-refractivity contribution is 5.65. The Hall–Kier alpha value is -2.27. The molecule has 0 radical (unpaired) electrons. The standard InChI is InChI=1S/C17H18N2/c1-12-7-13(2)9-17(8-12)19(4)16-6-5-15(11-18)14(3)10-16/h5-10H,1-4H3. The van der Waals surface area contributed by atoms with Gasteiger partial charge < -0.3 is 4.90 Å². The zero-order chi connectivity index (χ0) is 14.0. The Labute approximate surface area is 114 Å². The van der Waals surface area contributed by atoms with Crippen LogP contribution in [0.2, 0.25) is 0 Å².